The van der Waals surface area contributed by atoms with Crippen LogP contribution in [0.15, 0.2) is 60.7 Å². The molecule has 0 heterocycles. The Balaban J connectivity index is 0.000000241. The summed E-state index contributed by atoms with van der Waals surface area (Å²) >= 11 is 0. The minimum Gasteiger partial charge on any atom is -0.381 e. The highest BCUT2D eigenvalue weighted by atomic mass is 16.5. The molecule has 0 spiro atoms. The zero-order chi connectivity index (χ0) is 19.3. The molecular weight excluding hydrogens is 320 g/mol. The maximum atomic E-state index is 5.52. The first-order valence-electron chi connectivity index (χ1n) is 9.95. The molecule has 3 rings (SSSR count). The van der Waals surface area contributed by atoms with Crippen LogP contribution in [0.4, 0.5) is 0 Å². The van der Waals surface area contributed by atoms with E-state index in [1.165, 1.54) is 24.0 Å². The van der Waals surface area contributed by atoms with Crippen molar-refractivity contribution in [3.05, 3.63) is 71.8 Å². The molecule has 144 valence electrons. The summed E-state index contributed by atoms with van der Waals surface area (Å²) in [7, 11) is 0. The molecule has 0 N–H and O–H groups in total. The monoisotopic (exact) mass is 356 g/mol. The highest BCUT2D eigenvalue weighted by Gasteiger charge is 2.44. The second kappa shape index (κ2) is 12.7. The third-order valence-electron chi connectivity index (χ3n) is 4.25. The zero-order valence-corrected chi connectivity index (χ0v) is 17.2. The lowest BCUT2D eigenvalue weighted by atomic mass is 9.97. The van der Waals surface area contributed by atoms with Gasteiger partial charge in [-0.15, -0.1) is 0 Å². The lowest BCUT2D eigenvalue weighted by Crippen LogP contribution is -2.14. The maximum absolute atomic E-state index is 5.52. The van der Waals surface area contributed by atoms with Gasteiger partial charge >= 0.3 is 0 Å². The lowest BCUT2D eigenvalue weighted by molar-refractivity contribution is 0.0657. The van der Waals surface area contributed by atoms with Crippen LogP contribution in [0, 0.1) is 0 Å². The van der Waals surface area contributed by atoms with E-state index in [4.69, 9.17) is 9.47 Å². The van der Waals surface area contributed by atoms with Gasteiger partial charge in [0.2, 0.25) is 0 Å². The van der Waals surface area contributed by atoms with Crippen LogP contribution in [-0.2, 0) is 21.5 Å². The number of benzene rings is 2. The number of ether oxygens (including phenoxy) is 2. The van der Waals surface area contributed by atoms with Gasteiger partial charge in [-0.2, -0.15) is 0 Å². The predicted molar refractivity (Wildman–Crippen MR) is 112 cm³/mol. The Morgan fingerprint density at radius 3 is 1.88 bits per heavy atom. The first kappa shape index (κ1) is 22.4. The van der Waals surface area contributed by atoms with E-state index in [9.17, 15) is 0 Å². The van der Waals surface area contributed by atoms with Gasteiger partial charge in [-0.1, -0.05) is 74.5 Å². The Morgan fingerprint density at radius 1 is 0.885 bits per heavy atom. The maximum Gasteiger partial charge on any atom is 0.0720 e. The van der Waals surface area contributed by atoms with Gasteiger partial charge in [0.1, 0.15) is 0 Å². The van der Waals surface area contributed by atoms with Crippen LogP contribution in [0.2, 0.25) is 0 Å². The van der Waals surface area contributed by atoms with E-state index < -0.39 is 0 Å². The third kappa shape index (κ3) is 8.16. The normalized spacial score (nSPS) is 13.9. The molecule has 0 bridgehead atoms. The second-order valence-electron chi connectivity index (χ2n) is 6.63. The summed E-state index contributed by atoms with van der Waals surface area (Å²) in [6, 6.07) is 20.9. The van der Waals surface area contributed by atoms with Crippen LogP contribution in [-0.4, -0.2) is 19.3 Å². The second-order valence-corrected chi connectivity index (χ2v) is 6.63. The van der Waals surface area contributed by atoms with E-state index in [2.05, 4.69) is 49.4 Å². The van der Waals surface area contributed by atoms with E-state index >= 15 is 0 Å². The van der Waals surface area contributed by atoms with Crippen LogP contribution in [0.25, 0.3) is 0 Å². The molecule has 0 atom stereocenters. The van der Waals surface area contributed by atoms with Gasteiger partial charge < -0.3 is 9.47 Å². The Labute approximate surface area is 160 Å². The van der Waals surface area contributed by atoms with Crippen molar-refractivity contribution in [2.75, 3.05) is 13.2 Å². The number of hydrogen-bond acceptors (Lipinski definition) is 2. The summed E-state index contributed by atoms with van der Waals surface area (Å²) in [5.74, 6) is 0. The van der Waals surface area contributed by atoms with Crippen molar-refractivity contribution in [3.8, 4) is 0 Å². The predicted octanol–water partition coefficient (Wildman–Crippen LogP) is 6.39. The van der Waals surface area contributed by atoms with Gasteiger partial charge in [0.25, 0.3) is 0 Å². The van der Waals surface area contributed by atoms with E-state index in [0.717, 1.165) is 19.8 Å². The van der Waals surface area contributed by atoms with Crippen molar-refractivity contribution in [2.24, 2.45) is 0 Å². The van der Waals surface area contributed by atoms with E-state index in [-0.39, 0.29) is 0 Å². The Bertz CT molecular complexity index is 559. The summed E-state index contributed by atoms with van der Waals surface area (Å²) in [6.07, 6.45) is 2.89. The van der Waals surface area contributed by atoms with Gasteiger partial charge in [-0.25, -0.2) is 0 Å². The smallest absolute Gasteiger partial charge is 0.0720 e. The summed E-state index contributed by atoms with van der Waals surface area (Å²) in [4.78, 5) is 0. The molecule has 26 heavy (non-hydrogen) atoms. The van der Waals surface area contributed by atoms with Crippen molar-refractivity contribution >= 4 is 0 Å². The molecule has 2 aromatic carbocycles. The van der Waals surface area contributed by atoms with Crippen LogP contribution in [0.5, 0.6) is 0 Å². The van der Waals surface area contributed by atoms with Crippen LogP contribution < -0.4 is 0 Å². The lowest BCUT2D eigenvalue weighted by Gasteiger charge is -2.14. The average Bonchev–Trinajstić information content (AvgIpc) is 3.50. The van der Waals surface area contributed by atoms with Crippen LogP contribution in [0.3, 0.4) is 0 Å². The summed E-state index contributed by atoms with van der Waals surface area (Å²) < 4.78 is 10.9. The van der Waals surface area contributed by atoms with Gasteiger partial charge in [0.15, 0.2) is 0 Å². The third-order valence-corrected chi connectivity index (χ3v) is 4.25. The summed E-state index contributed by atoms with van der Waals surface area (Å²) in [5.41, 5.74) is 3.06. The topological polar surface area (TPSA) is 18.5 Å². The zero-order valence-electron chi connectivity index (χ0n) is 17.2. The number of hydrogen-bond donors (Lipinski definition) is 0. The molecular formula is C24H36O2. The Kier molecular flexibility index (Phi) is 10.9. The largest absolute Gasteiger partial charge is 0.381 e. The molecule has 0 aromatic heterocycles. The Morgan fingerprint density at radius 2 is 1.42 bits per heavy atom. The van der Waals surface area contributed by atoms with Crippen molar-refractivity contribution < 1.29 is 9.47 Å². The first-order valence-corrected chi connectivity index (χ1v) is 9.95. The summed E-state index contributed by atoms with van der Waals surface area (Å²) in [6.45, 7) is 12.6. The fraction of sp³-hybridized carbons (Fsp3) is 0.500. The SMILES string of the molecule is CC.CC(C)OCc1ccccc1.CCOCC1(c2ccccc2)CC1. The van der Waals surface area contributed by atoms with Crippen LogP contribution in [0.1, 0.15) is 58.6 Å². The minimum atomic E-state index is 0.315. The molecule has 0 saturated heterocycles. The van der Waals surface area contributed by atoms with Crippen LogP contribution >= 0.6 is 0 Å². The molecule has 1 saturated carbocycles. The number of rotatable bonds is 7. The van der Waals surface area contributed by atoms with Gasteiger partial charge in [0.05, 0.1) is 19.3 Å². The molecule has 1 aliphatic carbocycles. The summed E-state index contributed by atoms with van der Waals surface area (Å²) in [5, 5.41) is 0. The quantitative estimate of drug-likeness (QED) is 0.572. The molecule has 0 unspecified atom stereocenters. The molecule has 0 amide bonds. The molecule has 2 aromatic rings. The molecule has 1 fully saturated rings. The first-order chi connectivity index (χ1) is 12.7. The fourth-order valence-electron chi connectivity index (χ4n) is 2.59. The Hall–Kier alpha value is -1.64. The molecule has 0 radical (unpaired) electrons. The highest BCUT2D eigenvalue weighted by molar-refractivity contribution is 5.31. The van der Waals surface area contributed by atoms with E-state index in [1.807, 2.05) is 45.9 Å². The molecule has 0 aliphatic heterocycles. The van der Waals surface area contributed by atoms with Gasteiger partial charge in [-0.05, 0) is 44.7 Å². The standard InChI is InChI=1S/C12H16O.C10H14O.C2H6/c1-2-13-10-12(8-9-12)11-6-4-3-5-7-11;1-9(2)11-8-10-6-4-3-5-7-10;1-2/h3-7H,2,8-10H2,1H3;3-7,9H,8H2,1-2H3;1-2H3. The molecule has 2 heteroatoms. The highest BCUT2D eigenvalue weighted by Crippen LogP contribution is 2.48. The van der Waals surface area contributed by atoms with Crippen molar-refractivity contribution in [2.45, 2.75) is 65.6 Å². The van der Waals surface area contributed by atoms with E-state index in [1.54, 1.807) is 0 Å². The average molecular weight is 357 g/mol. The minimum absolute atomic E-state index is 0.315. The molecule has 1 aliphatic rings. The van der Waals surface area contributed by atoms with E-state index in [0.29, 0.717) is 11.5 Å². The molecule has 2 nitrogen and oxygen atoms in total. The fourth-order valence-corrected chi connectivity index (χ4v) is 2.59. The van der Waals surface area contributed by atoms with Crippen molar-refractivity contribution in [3.63, 3.8) is 0 Å². The van der Waals surface area contributed by atoms with Crippen molar-refractivity contribution in [1.82, 2.24) is 0 Å². The van der Waals surface area contributed by atoms with Crippen molar-refractivity contribution in [1.29, 1.82) is 0 Å². The van der Waals surface area contributed by atoms with Gasteiger partial charge in [-0.3, -0.25) is 0 Å². The van der Waals surface area contributed by atoms with Gasteiger partial charge in [0, 0.05) is 12.0 Å².